The number of likely N-dealkylation sites (tertiary alicyclic amines) is 1. The van der Waals surface area contributed by atoms with Gasteiger partial charge < -0.3 is 15.7 Å². The Bertz CT molecular complexity index is 466. The summed E-state index contributed by atoms with van der Waals surface area (Å²) in [7, 11) is 0. The summed E-state index contributed by atoms with van der Waals surface area (Å²) in [5.74, 6) is 0.844. The lowest BCUT2D eigenvalue weighted by Gasteiger charge is -2.17. The molecule has 1 saturated heterocycles. The molecule has 5 heteroatoms. The van der Waals surface area contributed by atoms with Gasteiger partial charge in [0.25, 0.3) is 5.91 Å². The van der Waals surface area contributed by atoms with Crippen LogP contribution in [0.3, 0.4) is 0 Å². The highest BCUT2D eigenvalue weighted by Gasteiger charge is 2.43. The van der Waals surface area contributed by atoms with Gasteiger partial charge in [-0.25, -0.2) is 0 Å². The topological polar surface area (TPSA) is 66.6 Å². The molecule has 2 fully saturated rings. The van der Waals surface area contributed by atoms with E-state index in [2.05, 4.69) is 0 Å². The van der Waals surface area contributed by atoms with Crippen LogP contribution >= 0.6 is 11.3 Å². The number of amides is 1. The van der Waals surface area contributed by atoms with Gasteiger partial charge in [-0.3, -0.25) is 4.79 Å². The highest BCUT2D eigenvalue weighted by Crippen LogP contribution is 2.39. The Hall–Kier alpha value is -1.07. The molecule has 1 aliphatic carbocycles. The van der Waals surface area contributed by atoms with E-state index in [0.717, 1.165) is 29.1 Å². The van der Waals surface area contributed by atoms with Crippen molar-refractivity contribution >= 4 is 22.9 Å². The van der Waals surface area contributed by atoms with Crippen molar-refractivity contribution < 1.29 is 9.90 Å². The van der Waals surface area contributed by atoms with Crippen LogP contribution in [0.2, 0.25) is 0 Å². The zero-order chi connectivity index (χ0) is 12.9. The minimum absolute atomic E-state index is 0.0707. The maximum Gasteiger partial charge on any atom is 0.264 e. The summed E-state index contributed by atoms with van der Waals surface area (Å²) in [6.45, 7) is 3.41. The molecule has 18 heavy (non-hydrogen) atoms. The van der Waals surface area contributed by atoms with Gasteiger partial charge in [-0.1, -0.05) is 0 Å². The van der Waals surface area contributed by atoms with Gasteiger partial charge in [0.1, 0.15) is 0 Å². The normalized spacial score (nSPS) is 30.8. The van der Waals surface area contributed by atoms with E-state index in [1.165, 1.54) is 11.3 Å². The predicted molar refractivity (Wildman–Crippen MR) is 71.6 cm³/mol. The molecule has 3 N–H and O–H groups in total. The minimum atomic E-state index is -0.219. The molecule has 3 rings (SSSR count). The molecule has 1 amide bonds. The number of hydrogen-bond donors (Lipinski definition) is 2. The number of carbonyl (C=O) groups is 1. The molecule has 1 saturated carbocycles. The summed E-state index contributed by atoms with van der Waals surface area (Å²) in [6.07, 6.45) is 1.71. The van der Waals surface area contributed by atoms with Gasteiger partial charge in [-0.05, 0) is 31.7 Å². The van der Waals surface area contributed by atoms with Gasteiger partial charge in [-0.2, -0.15) is 0 Å². The van der Waals surface area contributed by atoms with E-state index >= 15 is 0 Å². The molecule has 1 aliphatic heterocycles. The van der Waals surface area contributed by atoms with Crippen LogP contribution in [0.25, 0.3) is 0 Å². The van der Waals surface area contributed by atoms with Crippen molar-refractivity contribution in [2.75, 3.05) is 18.8 Å². The van der Waals surface area contributed by atoms with Gasteiger partial charge in [0.2, 0.25) is 0 Å². The van der Waals surface area contributed by atoms with Gasteiger partial charge in [0.15, 0.2) is 0 Å². The molecule has 0 aromatic carbocycles. The van der Waals surface area contributed by atoms with E-state index in [1.807, 2.05) is 11.8 Å². The van der Waals surface area contributed by atoms with E-state index < -0.39 is 0 Å². The lowest BCUT2D eigenvalue weighted by Crippen LogP contribution is -2.30. The van der Waals surface area contributed by atoms with Gasteiger partial charge in [0.05, 0.1) is 11.0 Å². The molecule has 2 aliphatic rings. The van der Waals surface area contributed by atoms with Crippen LogP contribution in [0, 0.1) is 18.8 Å². The second kappa shape index (κ2) is 4.24. The van der Waals surface area contributed by atoms with Crippen LogP contribution in [0.15, 0.2) is 6.07 Å². The van der Waals surface area contributed by atoms with Crippen molar-refractivity contribution in [1.29, 1.82) is 0 Å². The van der Waals surface area contributed by atoms with E-state index in [1.54, 1.807) is 6.07 Å². The molecule has 0 radical (unpaired) electrons. The van der Waals surface area contributed by atoms with Crippen molar-refractivity contribution in [3.8, 4) is 0 Å². The maximum absolute atomic E-state index is 12.3. The van der Waals surface area contributed by atoms with Crippen LogP contribution in [0.5, 0.6) is 0 Å². The van der Waals surface area contributed by atoms with Crippen molar-refractivity contribution in [1.82, 2.24) is 4.90 Å². The lowest BCUT2D eigenvalue weighted by atomic mass is 10.00. The summed E-state index contributed by atoms with van der Waals surface area (Å²) in [5.41, 5.74) is 6.49. The van der Waals surface area contributed by atoms with Crippen molar-refractivity contribution in [3.63, 3.8) is 0 Å². The van der Waals surface area contributed by atoms with Gasteiger partial charge >= 0.3 is 0 Å². The lowest BCUT2D eigenvalue weighted by molar-refractivity contribution is 0.0757. The summed E-state index contributed by atoms with van der Waals surface area (Å²) in [6, 6.07) is 1.77. The number of aliphatic hydroxyl groups is 1. The van der Waals surface area contributed by atoms with Crippen LogP contribution in [-0.4, -0.2) is 35.1 Å². The first-order valence-electron chi connectivity index (χ1n) is 6.39. The smallest absolute Gasteiger partial charge is 0.264 e. The van der Waals surface area contributed by atoms with E-state index in [9.17, 15) is 9.90 Å². The quantitative estimate of drug-likeness (QED) is 0.809. The first kappa shape index (κ1) is 12.0. The predicted octanol–water partition coefficient (Wildman–Crippen LogP) is 1.48. The van der Waals surface area contributed by atoms with Crippen molar-refractivity contribution in [3.05, 3.63) is 15.8 Å². The third-order valence-corrected chi connectivity index (χ3v) is 5.33. The number of anilines is 1. The average molecular weight is 266 g/mol. The van der Waals surface area contributed by atoms with Crippen LogP contribution in [-0.2, 0) is 0 Å². The zero-order valence-corrected chi connectivity index (χ0v) is 11.2. The maximum atomic E-state index is 12.3. The van der Waals surface area contributed by atoms with Crippen molar-refractivity contribution in [2.45, 2.75) is 25.9 Å². The number of fused-ring (bicyclic) bond motifs is 1. The molecule has 1 aromatic heterocycles. The Morgan fingerprint density at radius 2 is 2.28 bits per heavy atom. The molecule has 3 unspecified atom stereocenters. The number of aliphatic hydroxyl groups excluding tert-OH is 1. The fourth-order valence-electron chi connectivity index (χ4n) is 3.16. The SMILES string of the molecule is Cc1sc(C(=O)N2CC3CCC(O)C3C2)cc1N. The molecule has 4 nitrogen and oxygen atoms in total. The third kappa shape index (κ3) is 1.82. The Morgan fingerprint density at radius 1 is 1.50 bits per heavy atom. The first-order chi connectivity index (χ1) is 8.56. The second-order valence-electron chi connectivity index (χ2n) is 5.40. The molecule has 3 atom stereocenters. The Kier molecular flexibility index (Phi) is 2.83. The van der Waals surface area contributed by atoms with E-state index in [-0.39, 0.29) is 17.9 Å². The number of rotatable bonds is 1. The number of carbonyl (C=O) groups excluding carboxylic acids is 1. The molecular formula is C13H18N2O2S. The number of aryl methyl sites for hydroxylation is 1. The van der Waals surface area contributed by atoms with Gasteiger partial charge in [-0.15, -0.1) is 11.3 Å². The molecule has 98 valence electrons. The average Bonchev–Trinajstić information content (AvgIpc) is 2.98. The van der Waals surface area contributed by atoms with E-state index in [0.29, 0.717) is 18.2 Å². The summed E-state index contributed by atoms with van der Waals surface area (Å²) >= 11 is 1.46. The first-order valence-corrected chi connectivity index (χ1v) is 7.21. The largest absolute Gasteiger partial charge is 0.398 e. The molecule has 0 spiro atoms. The molecule has 1 aromatic rings. The minimum Gasteiger partial charge on any atom is -0.398 e. The number of thiophene rings is 1. The number of nitrogen functional groups attached to an aromatic ring is 1. The summed E-state index contributed by atoms with van der Waals surface area (Å²) in [4.78, 5) is 15.9. The van der Waals surface area contributed by atoms with Gasteiger partial charge in [0, 0.05) is 29.6 Å². The number of nitrogens with zero attached hydrogens (tertiary/aromatic N) is 1. The van der Waals surface area contributed by atoms with Crippen LogP contribution in [0.4, 0.5) is 5.69 Å². The van der Waals surface area contributed by atoms with Crippen LogP contribution in [0.1, 0.15) is 27.4 Å². The fraction of sp³-hybridized carbons (Fsp3) is 0.615. The standard InChI is InChI=1S/C13H18N2O2S/c1-7-10(14)4-12(18-7)13(17)15-5-8-2-3-11(16)9(8)6-15/h4,8-9,11,16H,2-3,5-6,14H2,1H3. The van der Waals surface area contributed by atoms with Crippen LogP contribution < -0.4 is 5.73 Å². The Balaban J connectivity index is 1.75. The molecule has 2 heterocycles. The van der Waals surface area contributed by atoms with E-state index in [4.69, 9.17) is 5.73 Å². The monoisotopic (exact) mass is 266 g/mol. The van der Waals surface area contributed by atoms with Crippen molar-refractivity contribution in [2.24, 2.45) is 11.8 Å². The highest BCUT2D eigenvalue weighted by molar-refractivity contribution is 7.14. The fourth-order valence-corrected chi connectivity index (χ4v) is 4.07. The molecular weight excluding hydrogens is 248 g/mol. The Labute approximate surface area is 110 Å². The number of hydrogen-bond acceptors (Lipinski definition) is 4. The molecule has 0 bridgehead atoms. The second-order valence-corrected chi connectivity index (χ2v) is 6.66. The summed E-state index contributed by atoms with van der Waals surface area (Å²) < 4.78 is 0. The third-order valence-electron chi connectivity index (χ3n) is 4.27. The highest BCUT2D eigenvalue weighted by atomic mass is 32.1. The zero-order valence-electron chi connectivity index (χ0n) is 10.4. The number of nitrogens with two attached hydrogens (primary N) is 1. The Morgan fingerprint density at radius 3 is 2.89 bits per heavy atom. The summed E-state index contributed by atoms with van der Waals surface area (Å²) in [5, 5.41) is 9.86.